The lowest BCUT2D eigenvalue weighted by molar-refractivity contribution is -0.157. The molecule has 0 amide bonds. The lowest BCUT2D eigenvalue weighted by atomic mass is 9.67. The fourth-order valence-electron chi connectivity index (χ4n) is 4.67. The molecule has 2 saturated carbocycles. The Labute approximate surface area is 146 Å². The number of carbonyl (C=O) groups is 1. The average Bonchev–Trinajstić information content (AvgIpc) is 3.19. The van der Waals surface area contributed by atoms with Gasteiger partial charge in [-0.3, -0.25) is 4.79 Å². The number of ether oxygens (including phenoxy) is 1. The number of nitrogens with zero attached hydrogens (tertiary/aromatic N) is 1. The van der Waals surface area contributed by atoms with Gasteiger partial charge in [-0.05, 0) is 58.0 Å². The first-order chi connectivity index (χ1) is 11.4. The first-order valence-corrected chi connectivity index (χ1v) is 9.62. The molecule has 0 aromatic heterocycles. The predicted molar refractivity (Wildman–Crippen MR) is 94.1 cm³/mol. The van der Waals surface area contributed by atoms with E-state index in [4.69, 9.17) is 4.74 Å². The zero-order valence-electron chi connectivity index (χ0n) is 15.5. The zero-order chi connectivity index (χ0) is 17.4. The Morgan fingerprint density at radius 3 is 2.38 bits per heavy atom. The molecule has 1 aliphatic heterocycles. The normalized spacial score (nSPS) is 32.8. The third-order valence-corrected chi connectivity index (χ3v) is 7.07. The number of methoxy groups -OCH3 is 1. The van der Waals surface area contributed by atoms with Gasteiger partial charge in [-0.25, -0.2) is 0 Å². The molecule has 0 radical (unpaired) electrons. The van der Waals surface area contributed by atoms with E-state index in [0.29, 0.717) is 12.1 Å². The third-order valence-electron chi connectivity index (χ3n) is 7.07. The molecule has 3 aliphatic rings. The lowest BCUT2D eigenvalue weighted by Gasteiger charge is -2.48. The number of rotatable bonds is 8. The number of nitrogens with one attached hydrogen (secondary N) is 1. The maximum absolute atomic E-state index is 11.6. The third kappa shape index (κ3) is 3.49. The first kappa shape index (κ1) is 18.2. The second kappa shape index (κ2) is 6.93. The molecular weight excluding hydrogens is 304 g/mol. The van der Waals surface area contributed by atoms with E-state index in [1.165, 1.54) is 6.42 Å². The molecule has 0 spiro atoms. The van der Waals surface area contributed by atoms with Gasteiger partial charge in [0.05, 0.1) is 12.0 Å². The summed E-state index contributed by atoms with van der Waals surface area (Å²) < 4.78 is 5.59. The van der Waals surface area contributed by atoms with Gasteiger partial charge in [0.1, 0.15) is 0 Å². The van der Waals surface area contributed by atoms with Gasteiger partial charge in [0.25, 0.3) is 0 Å². The second-order valence-corrected chi connectivity index (χ2v) is 8.72. The Balaban J connectivity index is 1.56. The molecule has 0 bridgehead atoms. The van der Waals surface area contributed by atoms with Gasteiger partial charge in [-0.15, -0.1) is 0 Å². The summed E-state index contributed by atoms with van der Waals surface area (Å²) in [6.45, 7) is 8.12. The van der Waals surface area contributed by atoms with E-state index >= 15 is 0 Å². The summed E-state index contributed by atoms with van der Waals surface area (Å²) in [6, 6.07) is 1.13. The molecule has 0 aromatic rings. The maximum Gasteiger partial charge on any atom is 0.310 e. The molecule has 2 N–H and O–H groups in total. The standard InChI is InChI=1S/C19H34N2O3/c1-14-11-16(14)20-15(2)19(13-24-3)7-9-21(10-8-19)12-18(17(22)23)5-4-6-18/h14-16,20H,4-13H2,1-3H3,(H,22,23)/t14-,15?,16-/m1/s1. The fraction of sp³-hybridized carbons (Fsp3) is 0.947. The van der Waals surface area contributed by atoms with Gasteiger partial charge < -0.3 is 20.1 Å². The maximum atomic E-state index is 11.6. The number of piperidine rings is 1. The molecule has 2 aliphatic carbocycles. The Bertz CT molecular complexity index is 456. The largest absolute Gasteiger partial charge is 0.481 e. The molecule has 3 fully saturated rings. The Kier molecular flexibility index (Phi) is 5.24. The van der Waals surface area contributed by atoms with Crippen molar-refractivity contribution in [1.29, 1.82) is 0 Å². The van der Waals surface area contributed by atoms with Crippen molar-refractivity contribution in [2.24, 2.45) is 16.7 Å². The molecule has 138 valence electrons. The number of carboxylic acid groups (broad SMARTS) is 1. The van der Waals surface area contributed by atoms with Crippen molar-refractivity contribution >= 4 is 5.97 Å². The molecule has 3 rings (SSSR count). The molecular formula is C19H34N2O3. The Morgan fingerprint density at radius 2 is 1.96 bits per heavy atom. The highest BCUT2D eigenvalue weighted by Gasteiger charge is 2.48. The minimum absolute atomic E-state index is 0.184. The summed E-state index contributed by atoms with van der Waals surface area (Å²) in [6.07, 6.45) is 6.23. The topological polar surface area (TPSA) is 61.8 Å². The molecule has 3 atom stereocenters. The zero-order valence-corrected chi connectivity index (χ0v) is 15.5. The van der Waals surface area contributed by atoms with Crippen LogP contribution >= 0.6 is 0 Å². The molecule has 5 heteroatoms. The molecule has 24 heavy (non-hydrogen) atoms. The number of carboxylic acids is 1. The van der Waals surface area contributed by atoms with Crippen molar-refractivity contribution < 1.29 is 14.6 Å². The van der Waals surface area contributed by atoms with Crippen LogP contribution in [0, 0.1) is 16.7 Å². The molecule has 1 heterocycles. The highest BCUT2D eigenvalue weighted by molar-refractivity contribution is 5.76. The van der Waals surface area contributed by atoms with Crippen molar-refractivity contribution in [3.63, 3.8) is 0 Å². The van der Waals surface area contributed by atoms with Crippen molar-refractivity contribution in [3.05, 3.63) is 0 Å². The van der Waals surface area contributed by atoms with Gasteiger partial charge in [0.15, 0.2) is 0 Å². The predicted octanol–water partition coefficient (Wildman–Crippen LogP) is 2.36. The number of likely N-dealkylation sites (tertiary alicyclic amines) is 1. The van der Waals surface area contributed by atoms with Crippen LogP contribution in [0.3, 0.4) is 0 Å². The van der Waals surface area contributed by atoms with E-state index in [-0.39, 0.29) is 5.41 Å². The van der Waals surface area contributed by atoms with Crippen LogP contribution < -0.4 is 5.32 Å². The molecule has 1 saturated heterocycles. The average molecular weight is 338 g/mol. The van der Waals surface area contributed by atoms with E-state index in [1.54, 1.807) is 7.11 Å². The van der Waals surface area contributed by atoms with E-state index in [0.717, 1.165) is 64.3 Å². The number of hydrogen-bond donors (Lipinski definition) is 2. The van der Waals surface area contributed by atoms with Crippen LogP contribution in [0.15, 0.2) is 0 Å². The minimum Gasteiger partial charge on any atom is -0.481 e. The smallest absolute Gasteiger partial charge is 0.310 e. The van der Waals surface area contributed by atoms with Crippen LogP contribution in [0.5, 0.6) is 0 Å². The Morgan fingerprint density at radius 1 is 1.33 bits per heavy atom. The summed E-state index contributed by atoms with van der Waals surface area (Å²) in [4.78, 5) is 14.0. The molecule has 5 nitrogen and oxygen atoms in total. The summed E-state index contributed by atoms with van der Waals surface area (Å²) in [5, 5.41) is 13.4. The van der Waals surface area contributed by atoms with Crippen LogP contribution in [-0.4, -0.2) is 61.4 Å². The second-order valence-electron chi connectivity index (χ2n) is 8.72. The van der Waals surface area contributed by atoms with E-state index in [9.17, 15) is 9.90 Å². The van der Waals surface area contributed by atoms with Crippen molar-refractivity contribution in [3.8, 4) is 0 Å². The van der Waals surface area contributed by atoms with Crippen LogP contribution in [0.2, 0.25) is 0 Å². The lowest BCUT2D eigenvalue weighted by Crippen LogP contribution is -2.56. The highest BCUT2D eigenvalue weighted by Crippen LogP contribution is 2.44. The van der Waals surface area contributed by atoms with Gasteiger partial charge >= 0.3 is 5.97 Å². The van der Waals surface area contributed by atoms with Gasteiger partial charge in [0, 0.05) is 31.2 Å². The van der Waals surface area contributed by atoms with Gasteiger partial charge in [0.2, 0.25) is 0 Å². The first-order valence-electron chi connectivity index (χ1n) is 9.62. The molecule has 0 aromatic carbocycles. The monoisotopic (exact) mass is 338 g/mol. The Hall–Kier alpha value is -0.650. The minimum atomic E-state index is -0.597. The van der Waals surface area contributed by atoms with Crippen molar-refractivity contribution in [1.82, 2.24) is 10.2 Å². The summed E-state index contributed by atoms with van der Waals surface area (Å²) in [7, 11) is 1.80. The van der Waals surface area contributed by atoms with E-state index in [1.807, 2.05) is 0 Å². The van der Waals surface area contributed by atoms with Crippen LogP contribution in [0.25, 0.3) is 0 Å². The van der Waals surface area contributed by atoms with Gasteiger partial charge in [-0.1, -0.05) is 13.3 Å². The molecule has 1 unspecified atom stereocenters. The van der Waals surface area contributed by atoms with E-state index < -0.39 is 11.4 Å². The summed E-state index contributed by atoms with van der Waals surface area (Å²) >= 11 is 0. The summed E-state index contributed by atoms with van der Waals surface area (Å²) in [5.41, 5.74) is -0.280. The number of hydrogen-bond acceptors (Lipinski definition) is 4. The summed E-state index contributed by atoms with van der Waals surface area (Å²) in [5.74, 6) is 0.210. The SMILES string of the molecule is COCC1(C(C)N[C@@H]2C[C@H]2C)CCN(CC2(C(=O)O)CCC2)CC1. The van der Waals surface area contributed by atoms with Crippen LogP contribution in [0.1, 0.15) is 52.4 Å². The fourth-order valence-corrected chi connectivity index (χ4v) is 4.67. The van der Waals surface area contributed by atoms with Crippen LogP contribution in [-0.2, 0) is 9.53 Å². The van der Waals surface area contributed by atoms with E-state index in [2.05, 4.69) is 24.1 Å². The van der Waals surface area contributed by atoms with Crippen molar-refractivity contribution in [2.75, 3.05) is 33.4 Å². The van der Waals surface area contributed by atoms with Gasteiger partial charge in [-0.2, -0.15) is 0 Å². The van der Waals surface area contributed by atoms with Crippen LogP contribution in [0.4, 0.5) is 0 Å². The van der Waals surface area contributed by atoms with Crippen molar-refractivity contribution in [2.45, 2.75) is 64.5 Å². The highest BCUT2D eigenvalue weighted by atomic mass is 16.5. The number of aliphatic carboxylic acids is 1. The quantitative estimate of drug-likeness (QED) is 0.711.